The quantitative estimate of drug-likeness (QED) is 0.142. The third kappa shape index (κ3) is 6.02. The van der Waals surface area contributed by atoms with Gasteiger partial charge in [-0.1, -0.05) is 6.07 Å². The monoisotopic (exact) mass is 669 g/mol. The molecule has 5 rings (SSSR count). The summed E-state index contributed by atoms with van der Waals surface area (Å²) >= 11 is 0. The fraction of sp³-hybridized carbons (Fsp3) is 0.281. The van der Waals surface area contributed by atoms with Gasteiger partial charge in [-0.3, -0.25) is 4.79 Å². The highest BCUT2D eigenvalue weighted by Crippen LogP contribution is 2.43. The molecular weight excluding hydrogens is 638 g/mol. The molecule has 12 heteroatoms. The predicted octanol–water partition coefficient (Wildman–Crippen LogP) is 1.18. The number of carbonyl (C=O) groups is 2. The van der Waals surface area contributed by atoms with Crippen LogP contribution in [0.25, 0.3) is 10.8 Å². The Hall–Kier alpha value is -4.71. The lowest BCUT2D eigenvalue weighted by Gasteiger charge is -2.20. The van der Waals surface area contributed by atoms with E-state index in [1.54, 1.807) is 48.0 Å². The second-order valence-corrected chi connectivity index (χ2v) is 9.56. The summed E-state index contributed by atoms with van der Waals surface area (Å²) < 4.78 is 40.0. The molecule has 11 nitrogen and oxygen atoms in total. The molecule has 0 bridgehead atoms. The van der Waals surface area contributed by atoms with E-state index in [2.05, 4.69) is 0 Å². The third-order valence-electron chi connectivity index (χ3n) is 7.21. The molecule has 0 saturated heterocycles. The summed E-state index contributed by atoms with van der Waals surface area (Å²) in [7, 11) is 6.06. The topological polar surface area (TPSA) is 123 Å². The lowest BCUT2D eigenvalue weighted by Crippen LogP contribution is -3.00. The smallest absolute Gasteiger partial charge is 0.372 e. The number of ether oxygens (including phenoxy) is 7. The van der Waals surface area contributed by atoms with E-state index in [-0.39, 0.29) is 48.2 Å². The van der Waals surface area contributed by atoms with Crippen LogP contribution < -0.4 is 50.0 Å². The van der Waals surface area contributed by atoms with Crippen molar-refractivity contribution >= 4 is 22.5 Å². The summed E-state index contributed by atoms with van der Waals surface area (Å²) in [4.78, 5) is 27.5. The maximum absolute atomic E-state index is 14.7. The number of pyridine rings is 1. The molecule has 44 heavy (non-hydrogen) atoms. The molecule has 0 radical (unpaired) electrons. The molecule has 1 N–H and O–H groups in total. The van der Waals surface area contributed by atoms with Crippen molar-refractivity contribution in [3.05, 3.63) is 71.5 Å². The Balaban J connectivity index is 0.00000442. The van der Waals surface area contributed by atoms with Gasteiger partial charge in [0.2, 0.25) is 19.0 Å². The summed E-state index contributed by atoms with van der Waals surface area (Å²) in [6.45, 7) is 1.70. The Kier molecular flexibility index (Phi) is 10.0. The summed E-state index contributed by atoms with van der Waals surface area (Å²) in [5, 5.41) is 12.3. The van der Waals surface area contributed by atoms with Gasteiger partial charge in [0.25, 0.3) is 0 Å². The standard InChI is InChI=1S/C32H31NO10.BrH/c1-6-41-29(35)16-33-10-9-18-11-25(39-4)26(40-5)13-20(18)31(33)30(19-7-8-23(37-2)24(12-19)38-3)32(36)21-14-27-28(15-22(21)34)43-17-42-27;/h7-15,30H,6,16-17H2,1-5H3;1H. The van der Waals surface area contributed by atoms with Gasteiger partial charge in [0.1, 0.15) is 11.7 Å². The molecule has 4 aromatic rings. The zero-order chi connectivity index (χ0) is 30.7. The van der Waals surface area contributed by atoms with Crippen molar-refractivity contribution < 1.29 is 69.4 Å². The molecule has 2 heterocycles. The zero-order valence-corrected chi connectivity index (χ0v) is 26.4. The van der Waals surface area contributed by atoms with Gasteiger partial charge >= 0.3 is 5.97 Å². The highest BCUT2D eigenvalue weighted by atomic mass is 79.9. The number of esters is 1. The molecule has 1 aliphatic rings. The second-order valence-electron chi connectivity index (χ2n) is 9.56. The fourth-order valence-electron chi connectivity index (χ4n) is 5.21. The van der Waals surface area contributed by atoms with Crippen molar-refractivity contribution in [1.29, 1.82) is 0 Å². The van der Waals surface area contributed by atoms with E-state index in [9.17, 15) is 14.7 Å². The highest BCUT2D eigenvalue weighted by Gasteiger charge is 2.37. The van der Waals surface area contributed by atoms with Crippen LogP contribution in [-0.4, -0.2) is 58.7 Å². The van der Waals surface area contributed by atoms with Crippen LogP contribution in [0.3, 0.4) is 0 Å². The number of aromatic hydroxyl groups is 1. The van der Waals surface area contributed by atoms with Gasteiger partial charge in [-0.2, -0.15) is 4.57 Å². The minimum absolute atomic E-state index is 0. The average Bonchev–Trinajstić information content (AvgIpc) is 3.48. The molecule has 1 aliphatic heterocycles. The molecule has 0 amide bonds. The van der Waals surface area contributed by atoms with Crippen LogP contribution in [0.15, 0.2) is 54.7 Å². The van der Waals surface area contributed by atoms with Gasteiger partial charge < -0.3 is 55.2 Å². The SMILES string of the molecule is CCOC(=O)C[n+]1ccc2cc(OC)c(OC)cc2c1C(C(=O)c1cc2c(cc1O)OCO2)c1ccc(OC)c(OC)c1.[Br-]. The van der Waals surface area contributed by atoms with Crippen LogP contribution in [0.1, 0.15) is 34.5 Å². The third-order valence-corrected chi connectivity index (χ3v) is 7.21. The number of halogens is 1. The maximum Gasteiger partial charge on any atom is 0.372 e. The van der Waals surface area contributed by atoms with Crippen molar-refractivity contribution in [2.75, 3.05) is 41.8 Å². The van der Waals surface area contributed by atoms with Crippen LogP contribution in [-0.2, 0) is 16.1 Å². The molecule has 1 unspecified atom stereocenters. The number of rotatable bonds is 11. The molecular formula is C32H32BrNO10. The van der Waals surface area contributed by atoms with Gasteiger partial charge in [0.15, 0.2) is 46.5 Å². The molecule has 0 fully saturated rings. The first kappa shape index (κ1) is 32.2. The van der Waals surface area contributed by atoms with Crippen molar-refractivity contribution in [2.45, 2.75) is 19.4 Å². The summed E-state index contributed by atoms with van der Waals surface area (Å²) in [5.74, 6) is 0.128. The van der Waals surface area contributed by atoms with Gasteiger partial charge in [0.05, 0.1) is 46.0 Å². The van der Waals surface area contributed by atoms with Crippen molar-refractivity contribution in [1.82, 2.24) is 0 Å². The Labute approximate surface area is 264 Å². The number of ketones is 1. The van der Waals surface area contributed by atoms with E-state index < -0.39 is 17.7 Å². The number of hydrogen-bond acceptors (Lipinski definition) is 10. The molecule has 1 atom stereocenters. The lowest BCUT2D eigenvalue weighted by atomic mass is 9.84. The van der Waals surface area contributed by atoms with Crippen molar-refractivity contribution in [3.63, 3.8) is 0 Å². The van der Waals surface area contributed by atoms with Gasteiger partial charge in [-0.15, -0.1) is 0 Å². The van der Waals surface area contributed by atoms with Crippen molar-refractivity contribution in [2.24, 2.45) is 0 Å². The van der Waals surface area contributed by atoms with E-state index >= 15 is 0 Å². The molecule has 0 spiro atoms. The normalized spacial score (nSPS) is 12.2. The number of carbonyl (C=O) groups excluding carboxylic acids is 2. The first-order valence-corrected chi connectivity index (χ1v) is 13.5. The molecule has 232 valence electrons. The Morgan fingerprint density at radius 1 is 0.864 bits per heavy atom. The number of phenols is 1. The number of benzene rings is 3. The number of nitrogens with zero attached hydrogens (tertiary/aromatic N) is 1. The predicted molar refractivity (Wildman–Crippen MR) is 154 cm³/mol. The van der Waals surface area contributed by atoms with E-state index in [1.807, 2.05) is 6.07 Å². The van der Waals surface area contributed by atoms with E-state index in [1.165, 1.54) is 40.6 Å². The van der Waals surface area contributed by atoms with Crippen LogP contribution >= 0.6 is 0 Å². The number of fused-ring (bicyclic) bond motifs is 2. The number of hydrogen-bond donors (Lipinski definition) is 1. The van der Waals surface area contributed by atoms with Crippen LogP contribution in [0.2, 0.25) is 0 Å². The zero-order valence-electron chi connectivity index (χ0n) is 24.8. The average molecular weight is 671 g/mol. The van der Waals surface area contributed by atoms with E-state index in [0.29, 0.717) is 51.1 Å². The summed E-state index contributed by atoms with van der Waals surface area (Å²) in [6.07, 6.45) is 1.71. The van der Waals surface area contributed by atoms with Gasteiger partial charge in [-0.25, -0.2) is 4.79 Å². The highest BCUT2D eigenvalue weighted by molar-refractivity contribution is 6.07. The molecule has 1 aromatic heterocycles. The Bertz CT molecular complexity index is 1710. The second kappa shape index (κ2) is 13.7. The molecule has 0 saturated carbocycles. The van der Waals surface area contributed by atoms with E-state index in [0.717, 1.165) is 5.39 Å². The van der Waals surface area contributed by atoms with Crippen LogP contribution in [0.5, 0.6) is 40.2 Å². The largest absolute Gasteiger partial charge is 1.00 e. The van der Waals surface area contributed by atoms with E-state index in [4.69, 9.17) is 33.2 Å². The maximum atomic E-state index is 14.7. The number of aromatic nitrogens is 1. The van der Waals surface area contributed by atoms with Crippen molar-refractivity contribution in [3.8, 4) is 40.2 Å². The van der Waals surface area contributed by atoms with Crippen LogP contribution in [0, 0.1) is 0 Å². The van der Waals surface area contributed by atoms with Gasteiger partial charge in [0, 0.05) is 12.1 Å². The number of phenolic OH excluding ortho intramolecular Hbond substituents is 1. The first-order valence-electron chi connectivity index (χ1n) is 13.5. The minimum atomic E-state index is -1.07. The Morgan fingerprint density at radius 3 is 2.16 bits per heavy atom. The number of Topliss-reactive ketones (excluding diaryl/α,β-unsaturated/α-hetero) is 1. The first-order chi connectivity index (χ1) is 20.8. The number of methoxy groups -OCH3 is 4. The molecule has 3 aromatic carbocycles. The van der Waals surface area contributed by atoms with Gasteiger partial charge in [-0.05, 0) is 48.2 Å². The Morgan fingerprint density at radius 2 is 1.50 bits per heavy atom. The molecule has 0 aliphatic carbocycles. The summed E-state index contributed by atoms with van der Waals surface area (Å²) in [6, 6.07) is 13.3. The van der Waals surface area contributed by atoms with Crippen LogP contribution in [0.4, 0.5) is 0 Å². The fourth-order valence-corrected chi connectivity index (χ4v) is 5.21. The lowest BCUT2D eigenvalue weighted by molar-refractivity contribution is -0.692. The minimum Gasteiger partial charge on any atom is -1.00 e. The summed E-state index contributed by atoms with van der Waals surface area (Å²) in [5.41, 5.74) is 0.963.